The predicted octanol–water partition coefficient (Wildman–Crippen LogP) is 3.56. The van der Waals surface area contributed by atoms with E-state index >= 15 is 0 Å². The monoisotopic (exact) mass is 475 g/mol. The predicted molar refractivity (Wildman–Crippen MR) is 119 cm³/mol. The first-order valence-electron chi connectivity index (χ1n) is 10.2. The van der Waals surface area contributed by atoms with Gasteiger partial charge in [0.15, 0.2) is 18.0 Å². The molecule has 10 nitrogen and oxygen atoms in total. The van der Waals surface area contributed by atoms with Gasteiger partial charge in [-0.3, -0.25) is 9.59 Å². The Kier molecular flexibility index (Phi) is 6.92. The molecule has 5 rings (SSSR count). The molecule has 2 aliphatic carbocycles. The fourth-order valence-electron chi connectivity index (χ4n) is 3.14. The zero-order valence-electron chi connectivity index (χ0n) is 18.0. The van der Waals surface area contributed by atoms with Crippen LogP contribution in [0.5, 0.6) is 11.8 Å². The van der Waals surface area contributed by atoms with Gasteiger partial charge < -0.3 is 19.5 Å². The number of ether oxygens (including phenoxy) is 3. The number of halogens is 1. The molecular formula is C21H22FN5O5S. The molecule has 2 saturated carbocycles. The van der Waals surface area contributed by atoms with Crippen LogP contribution < -0.4 is 14.8 Å². The second-order valence-corrected chi connectivity index (χ2v) is 8.01. The molecule has 0 aliphatic heterocycles. The lowest BCUT2D eigenvalue weighted by molar-refractivity contribution is -0.126. The van der Waals surface area contributed by atoms with E-state index < -0.39 is 0 Å². The minimum absolute atomic E-state index is 0.0246. The number of fused-ring (bicyclic) bond motifs is 1. The first kappa shape index (κ1) is 22.8. The summed E-state index contributed by atoms with van der Waals surface area (Å²) in [5.74, 6) is 1.12. The summed E-state index contributed by atoms with van der Waals surface area (Å²) >= 11 is 0.0246. The average Bonchev–Trinajstić information content (AvgIpc) is 3.77. The van der Waals surface area contributed by atoms with Gasteiger partial charge in [0.25, 0.3) is 6.47 Å². The van der Waals surface area contributed by atoms with E-state index in [1.807, 2.05) is 0 Å². The second kappa shape index (κ2) is 10.0. The summed E-state index contributed by atoms with van der Waals surface area (Å²) in [7, 11) is 2.83. The number of methoxy groups -OCH3 is 2. The van der Waals surface area contributed by atoms with Crippen molar-refractivity contribution in [3.05, 3.63) is 24.7 Å². The minimum Gasteiger partial charge on any atom is -0.480 e. The van der Waals surface area contributed by atoms with Crippen LogP contribution in [-0.4, -0.2) is 51.6 Å². The van der Waals surface area contributed by atoms with Crippen LogP contribution in [0.2, 0.25) is 0 Å². The maximum Gasteiger partial charge on any atom is 0.292 e. The third-order valence-corrected chi connectivity index (χ3v) is 5.46. The van der Waals surface area contributed by atoms with Gasteiger partial charge in [-0.05, 0) is 37.8 Å². The van der Waals surface area contributed by atoms with Gasteiger partial charge in [-0.25, -0.2) is 18.9 Å². The van der Waals surface area contributed by atoms with Crippen LogP contribution >= 0.6 is 12.3 Å². The Bertz CT molecular complexity index is 1170. The molecule has 2 fully saturated rings. The van der Waals surface area contributed by atoms with Crippen LogP contribution in [0.4, 0.5) is 9.70 Å². The number of hydrogen-bond acceptors (Lipinski definition) is 9. The third-order valence-electron chi connectivity index (χ3n) is 5.03. The standard InChI is InChI=1S/C19H18FN5O3S.C2H4O2/c1-27-18-15(19(22-9-21-18)28-11-4-5-11)13-8-25(29-20)16-12(13)6-7-14(23-16)24-17(26)10-2-3-10;1-4-2-3/h6-11H,2-5H2,1H3,(H,23,24,26);2H,1H3. The Labute approximate surface area is 193 Å². The molecule has 3 heterocycles. The summed E-state index contributed by atoms with van der Waals surface area (Å²) < 4.78 is 30.2. The van der Waals surface area contributed by atoms with E-state index in [1.54, 1.807) is 18.3 Å². The van der Waals surface area contributed by atoms with Crippen molar-refractivity contribution >= 4 is 41.6 Å². The van der Waals surface area contributed by atoms with Gasteiger partial charge in [0, 0.05) is 23.1 Å². The van der Waals surface area contributed by atoms with Gasteiger partial charge in [0.1, 0.15) is 23.8 Å². The molecule has 33 heavy (non-hydrogen) atoms. The molecule has 3 aromatic rings. The molecule has 1 amide bonds. The number of anilines is 1. The molecule has 0 unspecified atom stereocenters. The number of amides is 1. The SMILES string of the molecule is COC=O.COc1ncnc(OC2CC2)c1-c1cn(SF)c2nc(NC(=O)C3CC3)ccc12. The molecule has 12 heteroatoms. The van der Waals surface area contributed by atoms with Crippen LogP contribution in [-0.2, 0) is 14.3 Å². The summed E-state index contributed by atoms with van der Waals surface area (Å²) in [5, 5.41) is 3.47. The Hall–Kier alpha value is -3.41. The second-order valence-electron chi connectivity index (χ2n) is 7.48. The lowest BCUT2D eigenvalue weighted by Gasteiger charge is -2.12. The first-order chi connectivity index (χ1) is 16.1. The van der Waals surface area contributed by atoms with Crippen LogP contribution in [0, 0.1) is 5.92 Å². The quantitative estimate of drug-likeness (QED) is 0.488. The number of nitrogens with one attached hydrogen (secondary N) is 1. The fraction of sp³-hybridized carbons (Fsp3) is 0.381. The highest BCUT2D eigenvalue weighted by atomic mass is 32.2. The van der Waals surface area contributed by atoms with Crippen molar-refractivity contribution < 1.29 is 27.7 Å². The molecule has 0 radical (unpaired) electrons. The molecule has 1 N–H and O–H groups in total. The Morgan fingerprint density at radius 3 is 2.55 bits per heavy atom. The van der Waals surface area contributed by atoms with E-state index in [2.05, 4.69) is 25.0 Å². The number of carbonyl (C=O) groups excluding carboxylic acids is 2. The van der Waals surface area contributed by atoms with Crippen molar-refractivity contribution in [3.63, 3.8) is 0 Å². The zero-order chi connectivity index (χ0) is 23.4. The van der Waals surface area contributed by atoms with Crippen molar-refractivity contribution in [2.24, 2.45) is 5.92 Å². The number of pyridine rings is 1. The Balaban J connectivity index is 0.000000601. The number of nitrogens with zero attached hydrogens (tertiary/aromatic N) is 4. The summed E-state index contributed by atoms with van der Waals surface area (Å²) in [4.78, 5) is 33.9. The van der Waals surface area contributed by atoms with E-state index in [1.165, 1.54) is 24.5 Å². The largest absolute Gasteiger partial charge is 0.480 e. The van der Waals surface area contributed by atoms with Gasteiger partial charge >= 0.3 is 0 Å². The lowest BCUT2D eigenvalue weighted by atomic mass is 10.1. The van der Waals surface area contributed by atoms with Crippen molar-refractivity contribution in [1.82, 2.24) is 18.9 Å². The molecule has 0 aromatic carbocycles. The molecule has 0 atom stereocenters. The zero-order valence-corrected chi connectivity index (χ0v) is 18.8. The number of hydrogen-bond donors (Lipinski definition) is 1. The number of carbonyl (C=O) groups is 2. The van der Waals surface area contributed by atoms with E-state index in [9.17, 15) is 8.68 Å². The van der Waals surface area contributed by atoms with Gasteiger partial charge in [-0.2, -0.15) is 0 Å². The average molecular weight is 476 g/mol. The third kappa shape index (κ3) is 5.16. The summed E-state index contributed by atoms with van der Waals surface area (Å²) in [6, 6.07) is 3.50. The van der Waals surface area contributed by atoms with Crippen molar-refractivity contribution in [1.29, 1.82) is 0 Å². The first-order valence-corrected chi connectivity index (χ1v) is 10.9. The van der Waals surface area contributed by atoms with Crippen LogP contribution in [0.1, 0.15) is 25.7 Å². The highest BCUT2D eigenvalue weighted by molar-refractivity contribution is 7.92. The van der Waals surface area contributed by atoms with Gasteiger partial charge in [-0.15, -0.1) is 3.89 Å². The normalized spacial score (nSPS) is 14.8. The Morgan fingerprint density at radius 2 is 1.94 bits per heavy atom. The van der Waals surface area contributed by atoms with E-state index in [4.69, 9.17) is 14.3 Å². The summed E-state index contributed by atoms with van der Waals surface area (Å²) in [6.45, 7) is 0.375. The molecule has 174 valence electrons. The van der Waals surface area contributed by atoms with Crippen molar-refractivity contribution in [2.45, 2.75) is 31.8 Å². The number of aromatic nitrogens is 4. The fourth-order valence-corrected chi connectivity index (χ4v) is 3.49. The lowest BCUT2D eigenvalue weighted by Crippen LogP contribution is -2.14. The smallest absolute Gasteiger partial charge is 0.292 e. The molecular weight excluding hydrogens is 453 g/mol. The van der Waals surface area contributed by atoms with Gasteiger partial charge in [0.05, 0.1) is 14.2 Å². The highest BCUT2D eigenvalue weighted by Gasteiger charge is 2.31. The van der Waals surface area contributed by atoms with Crippen LogP contribution in [0.15, 0.2) is 24.7 Å². The van der Waals surface area contributed by atoms with Crippen molar-refractivity contribution in [2.75, 3.05) is 19.5 Å². The van der Waals surface area contributed by atoms with Crippen LogP contribution in [0.3, 0.4) is 0 Å². The molecule has 0 saturated heterocycles. The van der Waals surface area contributed by atoms with Crippen LogP contribution in [0.25, 0.3) is 22.2 Å². The summed E-state index contributed by atoms with van der Waals surface area (Å²) in [5.41, 5.74) is 1.58. The summed E-state index contributed by atoms with van der Waals surface area (Å²) in [6.07, 6.45) is 6.85. The Morgan fingerprint density at radius 1 is 1.21 bits per heavy atom. The topological polar surface area (TPSA) is 117 Å². The molecule has 0 spiro atoms. The van der Waals surface area contributed by atoms with E-state index in [-0.39, 0.29) is 30.3 Å². The maximum atomic E-state index is 13.7. The minimum atomic E-state index is -0.0543. The number of rotatable bonds is 8. The highest BCUT2D eigenvalue weighted by Crippen LogP contribution is 2.43. The van der Waals surface area contributed by atoms with Gasteiger partial charge in [0.2, 0.25) is 17.7 Å². The molecule has 0 bridgehead atoms. The van der Waals surface area contributed by atoms with E-state index in [0.29, 0.717) is 46.2 Å². The van der Waals surface area contributed by atoms with E-state index in [0.717, 1.165) is 25.7 Å². The van der Waals surface area contributed by atoms with Crippen molar-refractivity contribution in [3.8, 4) is 22.9 Å². The van der Waals surface area contributed by atoms with Gasteiger partial charge in [-0.1, -0.05) is 0 Å². The molecule has 3 aromatic heterocycles. The molecule has 2 aliphatic rings. The maximum absolute atomic E-state index is 13.7.